The number of hydrogen-bond acceptors (Lipinski definition) is 4. The summed E-state index contributed by atoms with van der Waals surface area (Å²) < 4.78 is 10.6. The maximum absolute atomic E-state index is 5.45. The molecule has 21 heavy (non-hydrogen) atoms. The zero-order valence-electron chi connectivity index (χ0n) is 12.4. The number of amidine groups is 1. The van der Waals surface area contributed by atoms with Crippen LogP contribution in [0, 0.1) is 0 Å². The standard InChI is InChI=1S/C16H22N2O2S/c1-19-14-4-2-13(3-5-14)6-9-17-15-18-16(12-21-15)7-10-20-11-8-16/h2-5H,6-12H2,1H3,(H,17,18). The van der Waals surface area contributed by atoms with E-state index in [9.17, 15) is 0 Å². The van der Waals surface area contributed by atoms with Crippen molar-refractivity contribution in [3.05, 3.63) is 29.8 Å². The van der Waals surface area contributed by atoms with Gasteiger partial charge in [0, 0.05) is 25.5 Å². The van der Waals surface area contributed by atoms with Crippen LogP contribution in [-0.4, -0.2) is 43.3 Å². The molecule has 0 radical (unpaired) electrons. The zero-order valence-corrected chi connectivity index (χ0v) is 13.2. The molecule has 4 nitrogen and oxygen atoms in total. The molecule has 1 N–H and O–H groups in total. The lowest BCUT2D eigenvalue weighted by Crippen LogP contribution is -2.48. The lowest BCUT2D eigenvalue weighted by Gasteiger charge is -2.32. The van der Waals surface area contributed by atoms with Gasteiger partial charge in [0.05, 0.1) is 12.6 Å². The van der Waals surface area contributed by atoms with E-state index in [1.54, 1.807) is 7.11 Å². The third-order valence-electron chi connectivity index (χ3n) is 4.12. The monoisotopic (exact) mass is 306 g/mol. The Morgan fingerprint density at radius 3 is 2.76 bits per heavy atom. The van der Waals surface area contributed by atoms with Crippen LogP contribution >= 0.6 is 11.8 Å². The predicted molar refractivity (Wildman–Crippen MR) is 87.4 cm³/mol. The van der Waals surface area contributed by atoms with Gasteiger partial charge in [0.1, 0.15) is 5.75 Å². The van der Waals surface area contributed by atoms with E-state index in [4.69, 9.17) is 14.5 Å². The van der Waals surface area contributed by atoms with Crippen LogP contribution < -0.4 is 10.1 Å². The fourth-order valence-electron chi connectivity index (χ4n) is 2.70. The van der Waals surface area contributed by atoms with Gasteiger partial charge in [-0.3, -0.25) is 4.99 Å². The number of thioether (sulfide) groups is 1. The third-order valence-corrected chi connectivity index (χ3v) is 5.32. The molecular formula is C16H22N2O2S. The molecule has 2 aliphatic heterocycles. The van der Waals surface area contributed by atoms with Crippen molar-refractivity contribution in [1.82, 2.24) is 5.32 Å². The normalized spacial score (nSPS) is 22.4. The van der Waals surface area contributed by atoms with Gasteiger partial charge in [-0.25, -0.2) is 0 Å². The second kappa shape index (κ2) is 6.71. The van der Waals surface area contributed by atoms with Crippen molar-refractivity contribution >= 4 is 16.9 Å². The highest BCUT2D eigenvalue weighted by Gasteiger charge is 2.38. The summed E-state index contributed by atoms with van der Waals surface area (Å²) in [7, 11) is 1.69. The van der Waals surface area contributed by atoms with E-state index in [2.05, 4.69) is 17.4 Å². The van der Waals surface area contributed by atoms with E-state index in [1.807, 2.05) is 23.9 Å². The first-order valence-corrected chi connectivity index (χ1v) is 8.44. The highest BCUT2D eigenvalue weighted by molar-refractivity contribution is 8.14. The number of nitrogens with one attached hydrogen (secondary N) is 1. The van der Waals surface area contributed by atoms with Crippen molar-refractivity contribution in [2.24, 2.45) is 4.99 Å². The number of aliphatic imine (C=N–C) groups is 1. The van der Waals surface area contributed by atoms with Gasteiger partial charge in [-0.1, -0.05) is 23.9 Å². The van der Waals surface area contributed by atoms with Gasteiger partial charge >= 0.3 is 0 Å². The van der Waals surface area contributed by atoms with Crippen LogP contribution in [0.5, 0.6) is 5.75 Å². The summed E-state index contributed by atoms with van der Waals surface area (Å²) >= 11 is 1.85. The second-order valence-electron chi connectivity index (χ2n) is 5.59. The summed E-state index contributed by atoms with van der Waals surface area (Å²) in [5.41, 5.74) is 1.53. The highest BCUT2D eigenvalue weighted by atomic mass is 32.2. The number of benzene rings is 1. The number of rotatable bonds is 4. The van der Waals surface area contributed by atoms with Crippen LogP contribution in [0.15, 0.2) is 29.3 Å². The Kier molecular flexibility index (Phi) is 4.70. The first-order chi connectivity index (χ1) is 10.3. The Balaban J connectivity index is 1.50. The fraction of sp³-hybridized carbons (Fsp3) is 0.562. The van der Waals surface area contributed by atoms with Crippen molar-refractivity contribution in [2.75, 3.05) is 32.6 Å². The summed E-state index contributed by atoms with van der Waals surface area (Å²) in [6, 6.07) is 8.21. The van der Waals surface area contributed by atoms with Crippen molar-refractivity contribution < 1.29 is 9.47 Å². The molecule has 0 amide bonds. The molecule has 0 aromatic heterocycles. The van der Waals surface area contributed by atoms with Crippen molar-refractivity contribution in [3.63, 3.8) is 0 Å². The van der Waals surface area contributed by atoms with Crippen LogP contribution in [0.4, 0.5) is 0 Å². The van der Waals surface area contributed by atoms with Crippen molar-refractivity contribution in [3.8, 4) is 5.75 Å². The maximum atomic E-state index is 5.45. The Hall–Kier alpha value is -1.20. The summed E-state index contributed by atoms with van der Waals surface area (Å²) in [5, 5.41) is 4.73. The smallest absolute Gasteiger partial charge is 0.157 e. The molecule has 5 heteroatoms. The highest BCUT2D eigenvalue weighted by Crippen LogP contribution is 2.31. The molecule has 2 saturated heterocycles. The van der Waals surface area contributed by atoms with E-state index in [0.717, 1.165) is 55.7 Å². The molecule has 0 aliphatic carbocycles. The summed E-state index contributed by atoms with van der Waals surface area (Å²) in [6.07, 6.45) is 3.15. The maximum Gasteiger partial charge on any atom is 0.157 e. The molecule has 3 rings (SSSR count). The van der Waals surface area contributed by atoms with Crippen LogP contribution in [-0.2, 0) is 11.2 Å². The molecule has 2 fully saturated rings. The molecule has 2 heterocycles. The van der Waals surface area contributed by atoms with Gasteiger partial charge in [-0.05, 0) is 37.0 Å². The van der Waals surface area contributed by atoms with E-state index in [-0.39, 0.29) is 5.54 Å². The largest absolute Gasteiger partial charge is 0.497 e. The van der Waals surface area contributed by atoms with Crippen molar-refractivity contribution in [2.45, 2.75) is 24.8 Å². The molecular weight excluding hydrogens is 284 g/mol. The van der Waals surface area contributed by atoms with Crippen LogP contribution in [0.25, 0.3) is 0 Å². The van der Waals surface area contributed by atoms with E-state index < -0.39 is 0 Å². The molecule has 114 valence electrons. The number of hydrogen-bond donors (Lipinski definition) is 1. The second-order valence-corrected chi connectivity index (χ2v) is 6.56. The summed E-state index contributed by atoms with van der Waals surface area (Å²) in [5.74, 6) is 2.03. The number of nitrogens with zero attached hydrogens (tertiary/aromatic N) is 1. The molecule has 1 spiro atoms. The first kappa shape index (κ1) is 14.7. The fourth-order valence-corrected chi connectivity index (χ4v) is 3.95. The van der Waals surface area contributed by atoms with Gasteiger partial charge in [0.15, 0.2) is 5.17 Å². The minimum Gasteiger partial charge on any atom is -0.497 e. The molecule has 0 atom stereocenters. The lowest BCUT2D eigenvalue weighted by molar-refractivity contribution is 0.0555. The Morgan fingerprint density at radius 1 is 1.29 bits per heavy atom. The molecule has 0 bridgehead atoms. The third kappa shape index (κ3) is 3.71. The van der Waals surface area contributed by atoms with E-state index in [1.165, 1.54) is 5.56 Å². The van der Waals surface area contributed by atoms with Crippen LogP contribution in [0.2, 0.25) is 0 Å². The average Bonchev–Trinajstić information content (AvgIpc) is 2.91. The first-order valence-electron chi connectivity index (χ1n) is 7.46. The average molecular weight is 306 g/mol. The molecule has 1 aromatic carbocycles. The topological polar surface area (TPSA) is 42.8 Å². The number of ether oxygens (including phenoxy) is 2. The molecule has 1 aromatic rings. The van der Waals surface area contributed by atoms with Gasteiger partial charge in [-0.2, -0.15) is 0 Å². The Bertz CT molecular complexity index is 496. The molecule has 0 saturated carbocycles. The van der Waals surface area contributed by atoms with E-state index >= 15 is 0 Å². The minimum absolute atomic E-state index is 0.238. The molecule has 2 aliphatic rings. The summed E-state index contributed by atoms with van der Waals surface area (Å²) in [6.45, 7) is 2.56. The Labute approximate surface area is 130 Å². The summed E-state index contributed by atoms with van der Waals surface area (Å²) in [4.78, 5) is 4.71. The van der Waals surface area contributed by atoms with Crippen LogP contribution in [0.3, 0.4) is 0 Å². The van der Waals surface area contributed by atoms with Crippen LogP contribution in [0.1, 0.15) is 18.4 Å². The lowest BCUT2D eigenvalue weighted by atomic mass is 9.93. The predicted octanol–water partition coefficient (Wildman–Crippen LogP) is 2.48. The molecule has 0 unspecified atom stereocenters. The Morgan fingerprint density at radius 2 is 2.05 bits per heavy atom. The number of methoxy groups -OCH3 is 1. The zero-order chi connectivity index (χ0) is 14.5. The van der Waals surface area contributed by atoms with Gasteiger partial charge < -0.3 is 14.8 Å². The van der Waals surface area contributed by atoms with Crippen molar-refractivity contribution in [1.29, 1.82) is 0 Å². The van der Waals surface area contributed by atoms with Gasteiger partial charge in [0.25, 0.3) is 0 Å². The van der Waals surface area contributed by atoms with Gasteiger partial charge in [0.2, 0.25) is 0 Å². The van der Waals surface area contributed by atoms with Gasteiger partial charge in [-0.15, -0.1) is 0 Å². The minimum atomic E-state index is 0.238. The SMILES string of the molecule is COc1ccc(CCN=C2NC3(CCOCC3)CS2)cc1. The van der Waals surface area contributed by atoms with E-state index in [0.29, 0.717) is 0 Å². The quantitative estimate of drug-likeness (QED) is 0.928.